The predicted molar refractivity (Wildman–Crippen MR) is 214 cm³/mol. The van der Waals surface area contributed by atoms with Crippen molar-refractivity contribution in [1.82, 2.24) is 14.5 Å². The standard InChI is InChI=1S/C47H35N5/c1-32-15-13-14-30-50(34-16-5-3-6-17-34)41-26-24-33(31-38(32)41)40-28-29-48-46(49-40)51-42-22-11-10-21-37(42)45-44(51)27-25-39-36-20-9-12-23-43(36)52(47(39,45)2)35-18-7-4-8-19-35/h3-31,39H,1H2,2H3/b15-13-,30-14-. The Hall–Kier alpha value is -6.72. The molecule has 5 aromatic carbocycles. The van der Waals surface area contributed by atoms with Crippen molar-refractivity contribution in [3.8, 4) is 17.2 Å². The summed E-state index contributed by atoms with van der Waals surface area (Å²) in [6.45, 7) is 6.84. The van der Waals surface area contributed by atoms with Gasteiger partial charge in [-0.3, -0.25) is 4.57 Å². The van der Waals surface area contributed by atoms with Crippen LogP contribution in [0, 0.1) is 0 Å². The molecule has 0 spiro atoms. The molecule has 7 aromatic rings. The number of hydrogen-bond acceptors (Lipinski definition) is 4. The van der Waals surface area contributed by atoms with Gasteiger partial charge in [-0.1, -0.05) is 104 Å². The molecule has 3 aliphatic rings. The van der Waals surface area contributed by atoms with Crippen molar-refractivity contribution in [3.63, 3.8) is 0 Å². The van der Waals surface area contributed by atoms with Crippen LogP contribution in [0.5, 0.6) is 0 Å². The number of aromatic nitrogens is 3. The van der Waals surface area contributed by atoms with Crippen LogP contribution in [0.3, 0.4) is 0 Å². The summed E-state index contributed by atoms with van der Waals surface area (Å²) in [5.74, 6) is 0.807. The van der Waals surface area contributed by atoms with Gasteiger partial charge in [0.1, 0.15) is 0 Å². The minimum Gasteiger partial charge on any atom is -0.330 e. The van der Waals surface area contributed by atoms with E-state index in [0.717, 1.165) is 45.0 Å². The molecule has 52 heavy (non-hydrogen) atoms. The van der Waals surface area contributed by atoms with Gasteiger partial charge in [0.15, 0.2) is 0 Å². The Morgan fingerprint density at radius 2 is 1.46 bits per heavy atom. The molecule has 0 fully saturated rings. The molecule has 5 nitrogen and oxygen atoms in total. The zero-order valence-corrected chi connectivity index (χ0v) is 28.8. The molecule has 0 saturated carbocycles. The smallest absolute Gasteiger partial charge is 0.235 e. The third kappa shape index (κ3) is 4.42. The molecule has 248 valence electrons. The monoisotopic (exact) mass is 669 g/mol. The summed E-state index contributed by atoms with van der Waals surface area (Å²) in [5.41, 5.74) is 12.8. The number of allylic oxidation sites excluding steroid dienone is 4. The summed E-state index contributed by atoms with van der Waals surface area (Å²) in [4.78, 5) is 15.0. The van der Waals surface area contributed by atoms with Crippen molar-refractivity contribution in [1.29, 1.82) is 0 Å². The van der Waals surface area contributed by atoms with Gasteiger partial charge in [-0.15, -0.1) is 0 Å². The van der Waals surface area contributed by atoms with E-state index in [1.54, 1.807) is 0 Å². The van der Waals surface area contributed by atoms with Crippen molar-refractivity contribution in [3.05, 3.63) is 199 Å². The Morgan fingerprint density at radius 1 is 0.712 bits per heavy atom. The molecule has 0 saturated heterocycles. The van der Waals surface area contributed by atoms with Crippen LogP contribution in [0.2, 0.25) is 0 Å². The summed E-state index contributed by atoms with van der Waals surface area (Å²) in [6.07, 6.45) is 14.8. The Labute approximate surface area is 303 Å². The highest BCUT2D eigenvalue weighted by atomic mass is 15.3. The predicted octanol–water partition coefficient (Wildman–Crippen LogP) is 11.5. The number of hydrogen-bond donors (Lipinski definition) is 0. The van der Waals surface area contributed by atoms with Gasteiger partial charge in [0, 0.05) is 57.5 Å². The molecule has 2 unspecified atom stereocenters. The molecule has 2 atom stereocenters. The fourth-order valence-electron chi connectivity index (χ4n) is 8.61. The number of benzene rings is 5. The van der Waals surface area contributed by atoms with Crippen LogP contribution in [-0.2, 0) is 5.54 Å². The summed E-state index contributed by atoms with van der Waals surface area (Å²) >= 11 is 0. The Kier molecular flexibility index (Phi) is 6.77. The van der Waals surface area contributed by atoms with E-state index in [2.05, 4.69) is 174 Å². The number of fused-ring (bicyclic) bond motifs is 8. The van der Waals surface area contributed by atoms with Gasteiger partial charge in [-0.2, -0.15) is 0 Å². The van der Waals surface area contributed by atoms with Crippen LogP contribution in [0.4, 0.5) is 22.7 Å². The van der Waals surface area contributed by atoms with Crippen molar-refractivity contribution in [2.75, 3.05) is 9.80 Å². The number of anilines is 4. The van der Waals surface area contributed by atoms with Gasteiger partial charge < -0.3 is 9.80 Å². The van der Waals surface area contributed by atoms with E-state index in [4.69, 9.17) is 9.97 Å². The van der Waals surface area contributed by atoms with Crippen LogP contribution >= 0.6 is 0 Å². The number of rotatable bonds is 4. The lowest BCUT2D eigenvalue weighted by atomic mass is 9.73. The highest BCUT2D eigenvalue weighted by Crippen LogP contribution is 2.61. The molecule has 10 rings (SSSR count). The number of para-hydroxylation sites is 4. The molecular weight excluding hydrogens is 635 g/mol. The van der Waals surface area contributed by atoms with Crippen molar-refractivity contribution in [2.24, 2.45) is 0 Å². The molecule has 0 amide bonds. The molecule has 0 bridgehead atoms. The first kappa shape index (κ1) is 30.1. The molecule has 2 aromatic heterocycles. The maximum atomic E-state index is 5.29. The zero-order valence-electron chi connectivity index (χ0n) is 28.8. The van der Waals surface area contributed by atoms with Crippen LogP contribution in [-0.4, -0.2) is 14.5 Å². The average Bonchev–Trinajstić information content (AvgIpc) is 3.67. The lowest BCUT2D eigenvalue weighted by Crippen LogP contribution is -2.42. The van der Waals surface area contributed by atoms with E-state index in [1.807, 2.05) is 30.5 Å². The van der Waals surface area contributed by atoms with Crippen LogP contribution in [0.15, 0.2) is 177 Å². The summed E-state index contributed by atoms with van der Waals surface area (Å²) in [5, 5.41) is 1.20. The molecule has 4 heterocycles. The second-order valence-corrected chi connectivity index (χ2v) is 13.7. The van der Waals surface area contributed by atoms with Crippen LogP contribution < -0.4 is 9.80 Å². The van der Waals surface area contributed by atoms with E-state index in [1.165, 1.54) is 27.9 Å². The fourth-order valence-corrected chi connectivity index (χ4v) is 8.61. The third-order valence-electron chi connectivity index (χ3n) is 10.9. The van der Waals surface area contributed by atoms with E-state index in [-0.39, 0.29) is 11.5 Å². The first-order valence-electron chi connectivity index (χ1n) is 17.7. The summed E-state index contributed by atoms with van der Waals surface area (Å²) < 4.78 is 2.25. The molecule has 5 heteroatoms. The minimum atomic E-state index is -0.389. The van der Waals surface area contributed by atoms with Crippen molar-refractivity contribution in [2.45, 2.75) is 18.4 Å². The lowest BCUT2D eigenvalue weighted by Gasteiger charge is -2.42. The maximum absolute atomic E-state index is 5.29. The van der Waals surface area contributed by atoms with E-state index in [0.29, 0.717) is 5.95 Å². The molecule has 0 N–H and O–H groups in total. The fraction of sp³-hybridized carbons (Fsp3) is 0.0638. The second kappa shape index (κ2) is 11.7. The van der Waals surface area contributed by atoms with Crippen LogP contribution in [0.1, 0.15) is 35.2 Å². The Bertz CT molecular complexity index is 2630. The first-order chi connectivity index (χ1) is 25.6. The molecule has 2 aliphatic heterocycles. The van der Waals surface area contributed by atoms with Gasteiger partial charge in [0.25, 0.3) is 0 Å². The van der Waals surface area contributed by atoms with Gasteiger partial charge in [-0.25, -0.2) is 9.97 Å². The topological polar surface area (TPSA) is 37.2 Å². The highest BCUT2D eigenvalue weighted by Gasteiger charge is 2.53. The number of nitrogens with zero attached hydrogens (tertiary/aromatic N) is 5. The molecule has 0 radical (unpaired) electrons. The second-order valence-electron chi connectivity index (χ2n) is 13.7. The Morgan fingerprint density at radius 3 is 2.31 bits per heavy atom. The van der Waals surface area contributed by atoms with Gasteiger partial charge in [-0.05, 0) is 84.8 Å². The van der Waals surface area contributed by atoms with Gasteiger partial charge >= 0.3 is 0 Å². The van der Waals surface area contributed by atoms with E-state index in [9.17, 15) is 0 Å². The van der Waals surface area contributed by atoms with Crippen molar-refractivity contribution < 1.29 is 0 Å². The van der Waals surface area contributed by atoms with Crippen LogP contribution in [0.25, 0.3) is 39.8 Å². The average molecular weight is 670 g/mol. The third-order valence-corrected chi connectivity index (χ3v) is 10.9. The van der Waals surface area contributed by atoms with Gasteiger partial charge in [0.05, 0.1) is 28.1 Å². The molecule has 1 aliphatic carbocycles. The quantitative estimate of drug-likeness (QED) is 0.187. The Balaban J connectivity index is 1.13. The maximum Gasteiger partial charge on any atom is 0.235 e. The SMILES string of the molecule is C=C1/C=C\C=C/N(c2ccccc2)c2ccc(-c3ccnc(-n4c5c(c6ccccc64)C4(C)C(C=C5)c5ccccc5N4c4ccccc4)n3)cc21. The molecular formula is C47H35N5. The van der Waals surface area contributed by atoms with E-state index >= 15 is 0 Å². The summed E-state index contributed by atoms with van der Waals surface area (Å²) in [7, 11) is 0. The lowest BCUT2D eigenvalue weighted by molar-refractivity contribution is 0.461. The first-order valence-corrected chi connectivity index (χ1v) is 17.7. The highest BCUT2D eigenvalue weighted by molar-refractivity contribution is 5.95. The van der Waals surface area contributed by atoms with Crippen molar-refractivity contribution >= 4 is 45.3 Å². The largest absolute Gasteiger partial charge is 0.330 e. The van der Waals surface area contributed by atoms with E-state index < -0.39 is 0 Å². The minimum absolute atomic E-state index is 0.166. The summed E-state index contributed by atoms with van der Waals surface area (Å²) in [6, 6.07) is 47.2. The van der Waals surface area contributed by atoms with Gasteiger partial charge in [0.2, 0.25) is 5.95 Å². The normalized spacial score (nSPS) is 19.7. The zero-order chi connectivity index (χ0) is 34.8.